The molecule has 1 amide bonds. The molecule has 0 aliphatic heterocycles. The van der Waals surface area contributed by atoms with Gasteiger partial charge < -0.3 is 15.4 Å². The zero-order chi connectivity index (χ0) is 17.7. The maximum atomic E-state index is 13.6. The summed E-state index contributed by atoms with van der Waals surface area (Å²) < 4.78 is 18.6. The van der Waals surface area contributed by atoms with E-state index < -0.39 is 5.82 Å². The van der Waals surface area contributed by atoms with Gasteiger partial charge in [0.25, 0.3) is 0 Å². The fraction of sp³-hybridized carbons (Fsp3) is 0.235. The van der Waals surface area contributed by atoms with Gasteiger partial charge in [0.1, 0.15) is 11.6 Å². The predicted octanol–water partition coefficient (Wildman–Crippen LogP) is 4.43. The Morgan fingerprint density at radius 2 is 1.88 bits per heavy atom. The van der Waals surface area contributed by atoms with Gasteiger partial charge in [-0.2, -0.15) is 0 Å². The van der Waals surface area contributed by atoms with Crippen LogP contribution in [0.1, 0.15) is 18.5 Å². The Balaban J connectivity index is 1.92. The molecule has 0 heterocycles. The molecule has 4 nitrogen and oxygen atoms in total. The van der Waals surface area contributed by atoms with Crippen molar-refractivity contribution in [2.24, 2.45) is 0 Å². The number of benzene rings is 2. The minimum absolute atomic E-state index is 0.0341. The predicted molar refractivity (Wildman–Crippen MR) is 94.5 cm³/mol. The second-order valence-corrected chi connectivity index (χ2v) is 5.98. The summed E-state index contributed by atoms with van der Waals surface area (Å²) in [4.78, 5) is 12.0. The van der Waals surface area contributed by atoms with E-state index in [0.717, 1.165) is 0 Å². The normalized spacial score (nSPS) is 11.9. The van der Waals surface area contributed by atoms with Crippen molar-refractivity contribution >= 4 is 34.8 Å². The lowest BCUT2D eigenvalue weighted by Crippen LogP contribution is -2.30. The smallest absolute Gasteiger partial charge is 0.238 e. The first-order valence-electron chi connectivity index (χ1n) is 7.22. The SMILES string of the molecule is COc1ccc(NC(=O)CN[C@@H](C)c2cc(F)c(Cl)cc2Cl)cc1. The summed E-state index contributed by atoms with van der Waals surface area (Å²) in [5.74, 6) is -0.0656. The summed E-state index contributed by atoms with van der Waals surface area (Å²) in [5, 5.41) is 6.06. The number of amides is 1. The summed E-state index contributed by atoms with van der Waals surface area (Å²) in [6, 6.07) is 9.29. The molecular weight excluding hydrogens is 354 g/mol. The second-order valence-electron chi connectivity index (χ2n) is 5.17. The van der Waals surface area contributed by atoms with Crippen LogP contribution in [-0.2, 0) is 4.79 Å². The zero-order valence-corrected chi connectivity index (χ0v) is 14.7. The van der Waals surface area contributed by atoms with Gasteiger partial charge in [-0.25, -0.2) is 4.39 Å². The molecule has 0 radical (unpaired) electrons. The van der Waals surface area contributed by atoms with E-state index >= 15 is 0 Å². The van der Waals surface area contributed by atoms with Gasteiger partial charge in [-0.15, -0.1) is 0 Å². The number of carbonyl (C=O) groups excluding carboxylic acids is 1. The Labute approximate surface area is 149 Å². The molecule has 0 aromatic heterocycles. The van der Waals surface area contributed by atoms with Crippen LogP contribution in [0.15, 0.2) is 36.4 Å². The molecule has 24 heavy (non-hydrogen) atoms. The van der Waals surface area contributed by atoms with Crippen LogP contribution in [0.5, 0.6) is 5.75 Å². The van der Waals surface area contributed by atoms with E-state index in [1.165, 1.54) is 12.1 Å². The van der Waals surface area contributed by atoms with Gasteiger partial charge in [-0.1, -0.05) is 23.2 Å². The van der Waals surface area contributed by atoms with Crippen LogP contribution >= 0.6 is 23.2 Å². The lowest BCUT2D eigenvalue weighted by atomic mass is 10.1. The fourth-order valence-corrected chi connectivity index (χ4v) is 2.65. The van der Waals surface area contributed by atoms with E-state index in [2.05, 4.69) is 10.6 Å². The molecule has 0 unspecified atom stereocenters. The van der Waals surface area contributed by atoms with Crippen LogP contribution in [0.4, 0.5) is 10.1 Å². The highest BCUT2D eigenvalue weighted by Crippen LogP contribution is 2.28. The highest BCUT2D eigenvalue weighted by molar-refractivity contribution is 6.35. The quantitative estimate of drug-likeness (QED) is 0.739. The first-order chi connectivity index (χ1) is 11.4. The standard InChI is InChI=1S/C17H17Cl2FN2O2/c1-10(13-7-16(20)15(19)8-14(13)18)21-9-17(23)22-11-3-5-12(24-2)6-4-11/h3-8,10,21H,9H2,1-2H3,(H,22,23)/t10-/m0/s1. The van der Waals surface area contributed by atoms with Crippen molar-refractivity contribution in [2.75, 3.05) is 19.0 Å². The molecule has 0 spiro atoms. The zero-order valence-electron chi connectivity index (χ0n) is 13.2. The van der Waals surface area contributed by atoms with Crippen LogP contribution in [0, 0.1) is 5.82 Å². The van der Waals surface area contributed by atoms with Crippen LogP contribution in [0.25, 0.3) is 0 Å². The van der Waals surface area contributed by atoms with Gasteiger partial charge >= 0.3 is 0 Å². The molecule has 7 heteroatoms. The summed E-state index contributed by atoms with van der Waals surface area (Å²) in [6.45, 7) is 1.84. The van der Waals surface area contributed by atoms with Gasteiger partial charge in [0, 0.05) is 16.8 Å². The lowest BCUT2D eigenvalue weighted by molar-refractivity contribution is -0.115. The van der Waals surface area contributed by atoms with Gasteiger partial charge in [-0.3, -0.25) is 4.79 Å². The van der Waals surface area contributed by atoms with Crippen molar-refractivity contribution < 1.29 is 13.9 Å². The number of carbonyl (C=O) groups is 1. The Kier molecular flexibility index (Phi) is 6.43. The maximum absolute atomic E-state index is 13.6. The van der Waals surface area contributed by atoms with Crippen LogP contribution < -0.4 is 15.4 Å². The first kappa shape index (κ1) is 18.5. The highest BCUT2D eigenvalue weighted by atomic mass is 35.5. The van der Waals surface area contributed by atoms with Crippen LogP contribution in [-0.4, -0.2) is 19.6 Å². The van der Waals surface area contributed by atoms with Crippen LogP contribution in [0.2, 0.25) is 10.0 Å². The van der Waals surface area contributed by atoms with E-state index in [1.54, 1.807) is 38.3 Å². The number of hydrogen-bond acceptors (Lipinski definition) is 3. The van der Waals surface area contributed by atoms with Gasteiger partial charge in [0.05, 0.1) is 18.7 Å². The average Bonchev–Trinajstić information content (AvgIpc) is 2.56. The number of methoxy groups -OCH3 is 1. The molecule has 0 aliphatic rings. The topological polar surface area (TPSA) is 50.4 Å². The van der Waals surface area contributed by atoms with E-state index in [-0.39, 0.29) is 23.5 Å². The lowest BCUT2D eigenvalue weighted by Gasteiger charge is -2.16. The van der Waals surface area contributed by atoms with Crippen molar-refractivity contribution in [1.82, 2.24) is 5.32 Å². The molecule has 0 saturated carbocycles. The fourth-order valence-electron chi connectivity index (χ4n) is 2.11. The average molecular weight is 371 g/mol. The Hall–Kier alpha value is -1.82. The molecule has 2 aromatic rings. The first-order valence-corrected chi connectivity index (χ1v) is 7.98. The van der Waals surface area contributed by atoms with E-state index in [1.807, 2.05) is 0 Å². The minimum Gasteiger partial charge on any atom is -0.497 e. The molecule has 0 bridgehead atoms. The number of rotatable bonds is 6. The van der Waals surface area contributed by atoms with E-state index in [9.17, 15) is 9.18 Å². The number of anilines is 1. The summed E-state index contributed by atoms with van der Waals surface area (Å²) >= 11 is 11.7. The number of ether oxygens (including phenoxy) is 1. The number of hydrogen-bond donors (Lipinski definition) is 2. The molecule has 2 N–H and O–H groups in total. The summed E-state index contributed by atoms with van der Waals surface area (Å²) in [6.07, 6.45) is 0. The third kappa shape index (κ3) is 4.84. The maximum Gasteiger partial charge on any atom is 0.238 e. The van der Waals surface area contributed by atoms with Gasteiger partial charge in [0.15, 0.2) is 0 Å². The van der Waals surface area contributed by atoms with Crippen molar-refractivity contribution in [3.8, 4) is 5.75 Å². The molecule has 0 fully saturated rings. The molecule has 2 aromatic carbocycles. The van der Waals surface area contributed by atoms with Crippen molar-refractivity contribution in [3.63, 3.8) is 0 Å². The summed E-state index contributed by atoms with van der Waals surface area (Å²) in [7, 11) is 1.57. The molecule has 128 valence electrons. The van der Waals surface area contributed by atoms with Crippen molar-refractivity contribution in [3.05, 3.63) is 57.8 Å². The monoisotopic (exact) mass is 370 g/mol. The number of nitrogens with one attached hydrogen (secondary N) is 2. The Morgan fingerprint density at radius 3 is 2.50 bits per heavy atom. The van der Waals surface area contributed by atoms with E-state index in [4.69, 9.17) is 27.9 Å². The third-order valence-corrected chi connectivity index (χ3v) is 4.07. The molecule has 1 atom stereocenters. The minimum atomic E-state index is -0.549. The third-order valence-electron chi connectivity index (χ3n) is 3.45. The Bertz CT molecular complexity index is 723. The molecule has 0 saturated heterocycles. The van der Waals surface area contributed by atoms with Gasteiger partial charge in [0.2, 0.25) is 5.91 Å². The van der Waals surface area contributed by atoms with Gasteiger partial charge in [-0.05, 0) is 48.9 Å². The summed E-state index contributed by atoms with van der Waals surface area (Å²) in [5.41, 5.74) is 1.20. The second kappa shape index (κ2) is 8.33. The van der Waals surface area contributed by atoms with E-state index in [0.29, 0.717) is 22.0 Å². The Morgan fingerprint density at radius 1 is 1.21 bits per heavy atom. The van der Waals surface area contributed by atoms with Crippen molar-refractivity contribution in [1.29, 1.82) is 0 Å². The molecule has 2 rings (SSSR count). The number of halogens is 3. The van der Waals surface area contributed by atoms with Crippen molar-refractivity contribution in [2.45, 2.75) is 13.0 Å². The largest absolute Gasteiger partial charge is 0.497 e. The molecule has 0 aliphatic carbocycles. The highest BCUT2D eigenvalue weighted by Gasteiger charge is 2.14. The molecular formula is C17H17Cl2FN2O2. The van der Waals surface area contributed by atoms with Crippen LogP contribution in [0.3, 0.4) is 0 Å².